The molecule has 0 amide bonds. The highest BCUT2D eigenvalue weighted by Gasteiger charge is 2.20. The van der Waals surface area contributed by atoms with Crippen molar-refractivity contribution < 1.29 is 20.1 Å². The molecule has 0 aliphatic heterocycles. The van der Waals surface area contributed by atoms with Crippen molar-refractivity contribution in [2.24, 2.45) is 0 Å². The van der Waals surface area contributed by atoms with Gasteiger partial charge in [-0.05, 0) is 6.42 Å². The van der Waals surface area contributed by atoms with E-state index < -0.39 is 11.8 Å². The molecule has 0 fully saturated rings. The number of hydrogen-bond acceptors (Lipinski definition) is 3. The molecule has 0 radical (unpaired) electrons. The largest absolute Gasteiger partial charge is 0.481 e. The first kappa shape index (κ1) is 11.4. The molecule has 0 aromatic heterocycles. The molecule has 4 nitrogen and oxygen atoms in total. The summed E-state index contributed by atoms with van der Waals surface area (Å²) in [4.78, 5) is 10.1. The van der Waals surface area contributed by atoms with E-state index in [1.807, 2.05) is 6.92 Å². The van der Waals surface area contributed by atoms with Gasteiger partial charge < -0.3 is 15.3 Å². The molecule has 72 valence electrons. The topological polar surface area (TPSA) is 77.8 Å². The van der Waals surface area contributed by atoms with Gasteiger partial charge in [0.05, 0.1) is 0 Å². The summed E-state index contributed by atoms with van der Waals surface area (Å²) >= 11 is 0. The van der Waals surface area contributed by atoms with Crippen molar-refractivity contribution >= 4 is 5.97 Å². The number of aliphatic carboxylic acids is 1. The van der Waals surface area contributed by atoms with E-state index in [1.54, 1.807) is 0 Å². The number of aliphatic hydroxyl groups is 2. The van der Waals surface area contributed by atoms with Crippen molar-refractivity contribution in [3.8, 4) is 0 Å². The summed E-state index contributed by atoms with van der Waals surface area (Å²) in [5.41, 5.74) is 0. The van der Waals surface area contributed by atoms with Gasteiger partial charge in [-0.1, -0.05) is 13.3 Å². The molecule has 0 aromatic rings. The second-order valence-electron chi connectivity index (χ2n) is 2.98. The second kappa shape index (κ2) is 5.11. The fraction of sp³-hybridized carbons (Fsp3) is 0.875. The summed E-state index contributed by atoms with van der Waals surface area (Å²) in [5, 5.41) is 26.7. The molecular formula is C8H16O4. The third kappa shape index (κ3) is 6.12. The molecule has 0 spiro atoms. The molecule has 0 saturated carbocycles. The molecule has 0 aromatic carbocycles. The van der Waals surface area contributed by atoms with Crippen molar-refractivity contribution in [2.75, 3.05) is 0 Å². The lowest BCUT2D eigenvalue weighted by Crippen LogP contribution is -2.27. The molecule has 0 atom stereocenters. The minimum absolute atomic E-state index is 0.00736. The Bertz CT molecular complexity index is 142. The summed E-state index contributed by atoms with van der Waals surface area (Å²) in [7, 11) is 0. The van der Waals surface area contributed by atoms with Gasteiger partial charge >= 0.3 is 5.97 Å². The van der Waals surface area contributed by atoms with Crippen LogP contribution in [0.1, 0.15) is 39.0 Å². The predicted octanol–water partition coefficient (Wildman–Crippen LogP) is 0.722. The average Bonchev–Trinajstić information content (AvgIpc) is 1.85. The van der Waals surface area contributed by atoms with Crippen molar-refractivity contribution in [1.82, 2.24) is 0 Å². The van der Waals surface area contributed by atoms with Gasteiger partial charge in [0.1, 0.15) is 0 Å². The van der Waals surface area contributed by atoms with Crippen LogP contribution in [0.3, 0.4) is 0 Å². The highest BCUT2D eigenvalue weighted by Crippen LogP contribution is 2.16. The zero-order valence-electron chi connectivity index (χ0n) is 7.29. The molecule has 0 unspecified atom stereocenters. The molecule has 0 bridgehead atoms. The molecular weight excluding hydrogens is 160 g/mol. The first-order valence-corrected chi connectivity index (χ1v) is 4.14. The molecule has 0 saturated heterocycles. The molecule has 0 heterocycles. The van der Waals surface area contributed by atoms with Crippen LogP contribution in [0.4, 0.5) is 0 Å². The summed E-state index contributed by atoms with van der Waals surface area (Å²) in [5.74, 6) is -2.58. The summed E-state index contributed by atoms with van der Waals surface area (Å²) in [6.07, 6.45) is 1.41. The van der Waals surface area contributed by atoms with Crippen LogP contribution in [0.2, 0.25) is 0 Å². The Kier molecular flexibility index (Phi) is 4.85. The minimum Gasteiger partial charge on any atom is -0.481 e. The minimum atomic E-state index is -1.68. The average molecular weight is 176 g/mol. The lowest BCUT2D eigenvalue weighted by Gasteiger charge is -2.20. The van der Waals surface area contributed by atoms with E-state index in [1.165, 1.54) is 0 Å². The molecule has 0 aliphatic rings. The monoisotopic (exact) mass is 176 g/mol. The van der Waals surface area contributed by atoms with Gasteiger partial charge in [-0.25, -0.2) is 0 Å². The number of rotatable bonds is 6. The van der Waals surface area contributed by atoms with Gasteiger partial charge in [-0.2, -0.15) is 0 Å². The van der Waals surface area contributed by atoms with Crippen LogP contribution in [0, 0.1) is 0 Å². The zero-order valence-corrected chi connectivity index (χ0v) is 7.29. The quantitative estimate of drug-likeness (QED) is 0.521. The van der Waals surface area contributed by atoms with Crippen molar-refractivity contribution in [2.45, 2.75) is 44.8 Å². The van der Waals surface area contributed by atoms with Crippen LogP contribution in [0.25, 0.3) is 0 Å². The third-order valence-corrected chi connectivity index (χ3v) is 1.62. The maximum absolute atomic E-state index is 10.1. The Morgan fingerprint density at radius 3 is 2.33 bits per heavy atom. The highest BCUT2D eigenvalue weighted by molar-refractivity contribution is 5.66. The molecule has 0 rings (SSSR count). The van der Waals surface area contributed by atoms with Gasteiger partial charge in [-0.3, -0.25) is 4.79 Å². The Balaban J connectivity index is 3.53. The summed E-state index contributed by atoms with van der Waals surface area (Å²) < 4.78 is 0. The van der Waals surface area contributed by atoms with Gasteiger partial charge in [0.25, 0.3) is 0 Å². The Morgan fingerprint density at radius 2 is 1.92 bits per heavy atom. The molecule has 0 aliphatic carbocycles. The van der Waals surface area contributed by atoms with E-state index in [-0.39, 0.29) is 12.8 Å². The highest BCUT2D eigenvalue weighted by atomic mass is 16.5. The lowest BCUT2D eigenvalue weighted by atomic mass is 10.0. The van der Waals surface area contributed by atoms with Gasteiger partial charge in [0.2, 0.25) is 0 Å². The van der Waals surface area contributed by atoms with E-state index in [0.29, 0.717) is 19.3 Å². The SMILES string of the molecule is CCCC(O)(O)CCCC(=O)O. The lowest BCUT2D eigenvalue weighted by molar-refractivity contribution is -0.171. The molecule has 12 heavy (non-hydrogen) atoms. The van der Waals surface area contributed by atoms with E-state index in [0.717, 1.165) is 0 Å². The molecule has 3 N–H and O–H groups in total. The second-order valence-corrected chi connectivity index (χ2v) is 2.98. The normalized spacial score (nSPS) is 11.6. The van der Waals surface area contributed by atoms with Gasteiger partial charge in [0.15, 0.2) is 5.79 Å². The van der Waals surface area contributed by atoms with Crippen LogP contribution in [-0.2, 0) is 4.79 Å². The Hall–Kier alpha value is -0.610. The van der Waals surface area contributed by atoms with E-state index in [2.05, 4.69) is 0 Å². The van der Waals surface area contributed by atoms with Crippen LogP contribution < -0.4 is 0 Å². The van der Waals surface area contributed by atoms with Gasteiger partial charge in [-0.15, -0.1) is 0 Å². The fourth-order valence-corrected chi connectivity index (χ4v) is 1.05. The standard InChI is InChI=1S/C8H16O4/c1-2-5-8(11,12)6-3-4-7(9)10/h11-12H,2-6H2,1H3,(H,9,10). The number of carboxylic acids is 1. The number of carboxylic acid groups (broad SMARTS) is 1. The number of carbonyl (C=O) groups is 1. The van der Waals surface area contributed by atoms with Gasteiger partial charge in [0, 0.05) is 19.3 Å². The smallest absolute Gasteiger partial charge is 0.303 e. The first-order chi connectivity index (χ1) is 5.48. The van der Waals surface area contributed by atoms with E-state index in [4.69, 9.17) is 5.11 Å². The van der Waals surface area contributed by atoms with Crippen LogP contribution in [0.5, 0.6) is 0 Å². The third-order valence-electron chi connectivity index (χ3n) is 1.62. The van der Waals surface area contributed by atoms with Crippen molar-refractivity contribution in [3.63, 3.8) is 0 Å². The van der Waals surface area contributed by atoms with E-state index >= 15 is 0 Å². The fourth-order valence-electron chi connectivity index (χ4n) is 1.05. The summed E-state index contributed by atoms with van der Waals surface area (Å²) in [6.45, 7) is 1.85. The Morgan fingerprint density at radius 1 is 1.33 bits per heavy atom. The zero-order chi connectivity index (χ0) is 9.61. The van der Waals surface area contributed by atoms with Crippen molar-refractivity contribution in [1.29, 1.82) is 0 Å². The van der Waals surface area contributed by atoms with Crippen LogP contribution >= 0.6 is 0 Å². The van der Waals surface area contributed by atoms with E-state index in [9.17, 15) is 15.0 Å². The maximum atomic E-state index is 10.1. The Labute approximate surface area is 71.8 Å². The first-order valence-electron chi connectivity index (χ1n) is 4.14. The van der Waals surface area contributed by atoms with Crippen LogP contribution in [-0.4, -0.2) is 27.1 Å². The summed E-state index contributed by atoms with van der Waals surface area (Å²) in [6, 6.07) is 0. The van der Waals surface area contributed by atoms with Crippen LogP contribution in [0.15, 0.2) is 0 Å². The molecule has 4 heteroatoms. The van der Waals surface area contributed by atoms with Crippen molar-refractivity contribution in [3.05, 3.63) is 0 Å². The maximum Gasteiger partial charge on any atom is 0.303 e. The predicted molar refractivity (Wildman–Crippen MR) is 43.6 cm³/mol. The number of hydrogen-bond donors (Lipinski definition) is 3.